The average Bonchev–Trinajstić information content (AvgIpc) is 3.32. The maximum absolute atomic E-state index is 13.1. The fourth-order valence-corrected chi connectivity index (χ4v) is 3.57. The lowest BCUT2D eigenvalue weighted by Gasteiger charge is -2.07. The first-order valence-corrected chi connectivity index (χ1v) is 10.2. The summed E-state index contributed by atoms with van der Waals surface area (Å²) in [6, 6.07) is 14.3. The zero-order chi connectivity index (χ0) is 24.7. The number of halogens is 4. The molecule has 35 heavy (non-hydrogen) atoms. The van der Waals surface area contributed by atoms with Crippen LogP contribution in [-0.2, 0) is 12.7 Å². The van der Waals surface area contributed by atoms with Gasteiger partial charge in [-0.05, 0) is 48.0 Å². The van der Waals surface area contributed by atoms with Gasteiger partial charge in [0.05, 0.1) is 23.0 Å². The van der Waals surface area contributed by atoms with Crippen molar-refractivity contribution in [3.05, 3.63) is 105 Å². The molecule has 0 amide bonds. The molecule has 2 aromatic heterocycles. The summed E-state index contributed by atoms with van der Waals surface area (Å²) in [4.78, 5) is 32.3. The quantitative estimate of drug-likeness (QED) is 0.378. The van der Waals surface area contributed by atoms with Gasteiger partial charge >= 0.3 is 11.9 Å². The Labute approximate surface area is 193 Å². The second-order valence-corrected chi connectivity index (χ2v) is 7.71. The van der Waals surface area contributed by atoms with Crippen LogP contribution in [0.3, 0.4) is 0 Å². The Morgan fingerprint density at radius 2 is 1.60 bits per heavy atom. The minimum absolute atomic E-state index is 0.0354. The minimum Gasteiger partial charge on any atom is -0.334 e. The van der Waals surface area contributed by atoms with Crippen LogP contribution in [0.1, 0.15) is 11.1 Å². The van der Waals surface area contributed by atoms with E-state index in [-0.39, 0.29) is 29.2 Å². The summed E-state index contributed by atoms with van der Waals surface area (Å²) in [7, 11) is 0. The van der Waals surface area contributed by atoms with E-state index >= 15 is 0 Å². The van der Waals surface area contributed by atoms with Gasteiger partial charge in [0.2, 0.25) is 5.82 Å². The summed E-state index contributed by atoms with van der Waals surface area (Å²) in [6.45, 7) is -0.0354. The summed E-state index contributed by atoms with van der Waals surface area (Å²) in [6.07, 6.45) is -4.46. The van der Waals surface area contributed by atoms with Gasteiger partial charge in [0.25, 0.3) is 11.4 Å². The molecule has 11 heteroatoms. The van der Waals surface area contributed by atoms with E-state index in [0.29, 0.717) is 16.7 Å². The molecule has 0 saturated heterocycles. The lowest BCUT2D eigenvalue weighted by atomic mass is 10.1. The number of aromatic nitrogens is 4. The average molecular weight is 482 g/mol. The van der Waals surface area contributed by atoms with Gasteiger partial charge in [-0.25, -0.2) is 9.18 Å². The number of alkyl halides is 3. The lowest BCUT2D eigenvalue weighted by Crippen LogP contribution is -2.35. The maximum Gasteiger partial charge on any atom is 0.416 e. The van der Waals surface area contributed by atoms with Crippen molar-refractivity contribution in [1.82, 2.24) is 19.7 Å². The molecule has 7 nitrogen and oxygen atoms in total. The van der Waals surface area contributed by atoms with E-state index in [9.17, 15) is 27.2 Å². The topological polar surface area (TPSA) is 93.8 Å². The molecule has 0 bridgehead atoms. The zero-order valence-electron chi connectivity index (χ0n) is 17.6. The Hall–Kier alpha value is -4.54. The zero-order valence-corrected chi connectivity index (χ0v) is 17.6. The van der Waals surface area contributed by atoms with Crippen LogP contribution in [0.25, 0.3) is 33.7 Å². The number of hydrogen-bond acceptors (Lipinski definition) is 5. The highest BCUT2D eigenvalue weighted by Crippen LogP contribution is 2.31. The van der Waals surface area contributed by atoms with Crippen LogP contribution in [0, 0.1) is 5.82 Å². The molecule has 5 aromatic rings. The lowest BCUT2D eigenvalue weighted by molar-refractivity contribution is -0.137. The molecule has 0 unspecified atom stereocenters. The van der Waals surface area contributed by atoms with Crippen LogP contribution < -0.4 is 11.2 Å². The smallest absolute Gasteiger partial charge is 0.334 e. The van der Waals surface area contributed by atoms with Crippen LogP contribution in [-0.4, -0.2) is 19.7 Å². The second-order valence-electron chi connectivity index (χ2n) is 7.71. The van der Waals surface area contributed by atoms with Crippen molar-refractivity contribution in [2.45, 2.75) is 12.7 Å². The number of nitrogens with one attached hydrogen (secondary N) is 1. The first kappa shape index (κ1) is 22.3. The van der Waals surface area contributed by atoms with E-state index in [4.69, 9.17) is 4.52 Å². The number of nitrogens with zero attached hydrogens (tertiary/aromatic N) is 3. The second kappa shape index (κ2) is 8.35. The van der Waals surface area contributed by atoms with Crippen molar-refractivity contribution >= 4 is 10.9 Å². The molecule has 0 atom stereocenters. The monoisotopic (exact) mass is 482 g/mol. The van der Waals surface area contributed by atoms with Gasteiger partial charge in [0.1, 0.15) is 5.82 Å². The molecular weight excluding hydrogens is 468 g/mol. The third-order valence-electron chi connectivity index (χ3n) is 5.38. The third kappa shape index (κ3) is 4.35. The van der Waals surface area contributed by atoms with Gasteiger partial charge in [-0.2, -0.15) is 18.2 Å². The van der Waals surface area contributed by atoms with E-state index in [0.717, 1.165) is 16.7 Å². The Morgan fingerprint density at radius 3 is 2.29 bits per heavy atom. The van der Waals surface area contributed by atoms with Gasteiger partial charge in [-0.15, -0.1) is 0 Å². The highest BCUT2D eigenvalue weighted by molar-refractivity contribution is 5.82. The fourth-order valence-electron chi connectivity index (χ4n) is 3.57. The molecule has 0 spiro atoms. The van der Waals surface area contributed by atoms with Gasteiger partial charge in [0.15, 0.2) is 0 Å². The van der Waals surface area contributed by atoms with Crippen LogP contribution in [0.4, 0.5) is 17.6 Å². The summed E-state index contributed by atoms with van der Waals surface area (Å²) >= 11 is 0. The highest BCUT2D eigenvalue weighted by Gasteiger charge is 2.30. The number of H-pyrrole nitrogens is 1. The molecular formula is C24H14F4N4O3. The van der Waals surface area contributed by atoms with E-state index in [2.05, 4.69) is 15.1 Å². The fraction of sp³-hybridized carbons (Fsp3) is 0.0833. The molecule has 0 aliphatic rings. The molecule has 5 rings (SSSR count). The number of benzene rings is 3. The molecule has 0 aliphatic carbocycles. The van der Waals surface area contributed by atoms with Gasteiger partial charge in [0, 0.05) is 11.1 Å². The van der Waals surface area contributed by atoms with E-state index in [1.807, 2.05) is 0 Å². The molecule has 2 heterocycles. The Kier molecular flexibility index (Phi) is 5.31. The van der Waals surface area contributed by atoms with Crippen molar-refractivity contribution in [2.75, 3.05) is 0 Å². The van der Waals surface area contributed by atoms with Crippen molar-refractivity contribution in [3.8, 4) is 22.8 Å². The van der Waals surface area contributed by atoms with Crippen LogP contribution in [0.15, 0.2) is 80.8 Å². The Balaban J connectivity index is 1.46. The first-order valence-electron chi connectivity index (χ1n) is 10.2. The van der Waals surface area contributed by atoms with Crippen molar-refractivity contribution in [3.63, 3.8) is 0 Å². The maximum atomic E-state index is 13.1. The molecule has 176 valence electrons. The van der Waals surface area contributed by atoms with Crippen molar-refractivity contribution in [2.24, 2.45) is 0 Å². The SMILES string of the molecule is O=c1[nH]c2cc(-c3nc(-c4ccc(C(F)(F)F)cc4)no3)ccc2c(=O)n1Cc1ccc(F)cc1. The number of aromatic amines is 1. The number of fused-ring (bicyclic) bond motifs is 1. The summed E-state index contributed by atoms with van der Waals surface area (Å²) in [5.74, 6) is -0.293. The molecule has 0 saturated carbocycles. The van der Waals surface area contributed by atoms with Crippen molar-refractivity contribution < 1.29 is 22.1 Å². The van der Waals surface area contributed by atoms with Crippen molar-refractivity contribution in [1.29, 1.82) is 0 Å². The number of rotatable bonds is 4. The Morgan fingerprint density at radius 1 is 0.914 bits per heavy atom. The van der Waals surface area contributed by atoms with Gasteiger partial charge in [-0.3, -0.25) is 9.36 Å². The normalized spacial score (nSPS) is 11.8. The predicted octanol–water partition coefficient (Wildman–Crippen LogP) is 4.61. The molecule has 0 aliphatic heterocycles. The summed E-state index contributed by atoms with van der Waals surface area (Å²) < 4.78 is 57.7. The van der Waals surface area contributed by atoms with Gasteiger partial charge < -0.3 is 9.51 Å². The van der Waals surface area contributed by atoms with E-state index < -0.39 is 28.8 Å². The minimum atomic E-state index is -4.46. The van der Waals surface area contributed by atoms with Crippen LogP contribution >= 0.6 is 0 Å². The molecule has 3 aromatic carbocycles. The molecule has 1 N–H and O–H groups in total. The van der Waals surface area contributed by atoms with Gasteiger partial charge in [-0.1, -0.05) is 29.4 Å². The standard InChI is InChI=1S/C24H14F4N4O3/c25-17-8-1-13(2-9-17)12-32-22(33)18-10-5-15(11-19(18)29-23(32)34)21-30-20(31-35-21)14-3-6-16(7-4-14)24(26,27)28/h1-11H,12H2,(H,29,34). The highest BCUT2D eigenvalue weighted by atomic mass is 19.4. The summed E-state index contributed by atoms with van der Waals surface area (Å²) in [5.41, 5.74) is -0.441. The Bertz CT molecular complexity index is 1650. The molecule has 0 radical (unpaired) electrons. The van der Waals surface area contributed by atoms with Crippen LogP contribution in [0.2, 0.25) is 0 Å². The van der Waals surface area contributed by atoms with E-state index in [1.54, 1.807) is 6.07 Å². The largest absolute Gasteiger partial charge is 0.416 e. The third-order valence-corrected chi connectivity index (χ3v) is 5.38. The molecule has 0 fully saturated rings. The summed E-state index contributed by atoms with van der Waals surface area (Å²) in [5, 5.41) is 4.04. The predicted molar refractivity (Wildman–Crippen MR) is 118 cm³/mol. The number of hydrogen-bond donors (Lipinski definition) is 1. The van der Waals surface area contributed by atoms with E-state index in [1.165, 1.54) is 48.5 Å². The van der Waals surface area contributed by atoms with Crippen LogP contribution in [0.5, 0.6) is 0 Å². The first-order chi connectivity index (χ1) is 16.7.